The van der Waals surface area contributed by atoms with Gasteiger partial charge in [-0.25, -0.2) is 0 Å². The Bertz CT molecular complexity index is 322. The maximum atomic E-state index is 11.1. The molecular weight excluding hydrogens is 156 g/mol. The van der Waals surface area contributed by atoms with Crippen LogP contribution in [0.2, 0.25) is 0 Å². The predicted molar refractivity (Wildman–Crippen MR) is 44.2 cm³/mol. The molecule has 0 atom stereocenters. The Kier molecular flexibility index (Phi) is 2.33. The van der Waals surface area contributed by atoms with E-state index in [-0.39, 0.29) is 18.3 Å². The monoisotopic (exact) mass is 164 g/mol. The second kappa shape index (κ2) is 3.44. The predicted octanol–water partition coefficient (Wildman–Crippen LogP) is -0.645. The molecule has 1 rings (SSSR count). The summed E-state index contributed by atoms with van der Waals surface area (Å²) in [5.74, 6) is 2.25. The van der Waals surface area contributed by atoms with E-state index in [1.165, 1.54) is 6.07 Å². The largest absolute Gasteiger partial charge is 0.382 e. The summed E-state index contributed by atoms with van der Waals surface area (Å²) >= 11 is 0. The molecule has 1 heterocycles. The zero-order chi connectivity index (χ0) is 8.97. The van der Waals surface area contributed by atoms with E-state index in [2.05, 4.69) is 21.4 Å². The van der Waals surface area contributed by atoms with Crippen molar-refractivity contribution < 1.29 is 4.79 Å². The van der Waals surface area contributed by atoms with Gasteiger partial charge in [-0.2, -0.15) is 5.10 Å². The number of rotatable bonds is 2. The maximum absolute atomic E-state index is 11.1. The third kappa shape index (κ3) is 1.76. The molecule has 0 aliphatic rings. The fourth-order valence-corrected chi connectivity index (χ4v) is 0.680. The van der Waals surface area contributed by atoms with Crippen molar-refractivity contribution in [2.45, 2.75) is 0 Å². The molecule has 5 nitrogen and oxygen atoms in total. The van der Waals surface area contributed by atoms with Crippen LogP contribution < -0.4 is 11.1 Å². The average Bonchev–Trinajstić information content (AvgIpc) is 2.47. The molecule has 0 aliphatic heterocycles. The number of hydrogen-bond acceptors (Lipinski definition) is 3. The van der Waals surface area contributed by atoms with Crippen LogP contribution in [-0.4, -0.2) is 22.6 Å². The van der Waals surface area contributed by atoms with Gasteiger partial charge in [0.2, 0.25) is 0 Å². The standard InChI is InChI=1S/C7H8N4O/c1-2-3-9-7(12)5-4-6(8)11-10-5/h1,4H,3H2,(H,9,12)(H3,8,10,11). The molecule has 0 saturated heterocycles. The van der Waals surface area contributed by atoms with Gasteiger partial charge in [0.15, 0.2) is 0 Å². The van der Waals surface area contributed by atoms with Gasteiger partial charge in [-0.05, 0) is 0 Å². The van der Waals surface area contributed by atoms with Crippen molar-refractivity contribution in [3.05, 3.63) is 11.8 Å². The van der Waals surface area contributed by atoms with Crippen LogP contribution in [0.3, 0.4) is 0 Å². The van der Waals surface area contributed by atoms with Crippen LogP contribution >= 0.6 is 0 Å². The lowest BCUT2D eigenvalue weighted by Crippen LogP contribution is -2.23. The number of hydrogen-bond donors (Lipinski definition) is 3. The normalized spacial score (nSPS) is 8.92. The second-order valence-corrected chi connectivity index (χ2v) is 2.09. The molecule has 0 saturated carbocycles. The molecule has 12 heavy (non-hydrogen) atoms. The summed E-state index contributed by atoms with van der Waals surface area (Å²) in [6.45, 7) is 0.192. The lowest BCUT2D eigenvalue weighted by Gasteiger charge is -1.95. The van der Waals surface area contributed by atoms with E-state index in [9.17, 15) is 4.79 Å². The van der Waals surface area contributed by atoms with Gasteiger partial charge in [0.1, 0.15) is 11.5 Å². The number of carbonyl (C=O) groups excluding carboxylic acids is 1. The SMILES string of the molecule is C#CCNC(=O)c1cc(N)n[nH]1. The number of anilines is 1. The van der Waals surface area contributed by atoms with Crippen molar-refractivity contribution in [3.63, 3.8) is 0 Å². The highest BCUT2D eigenvalue weighted by atomic mass is 16.1. The van der Waals surface area contributed by atoms with Crippen LogP contribution in [0.15, 0.2) is 6.07 Å². The summed E-state index contributed by atoms with van der Waals surface area (Å²) in [6, 6.07) is 1.44. The van der Waals surface area contributed by atoms with Gasteiger partial charge in [-0.1, -0.05) is 5.92 Å². The number of terminal acetylenes is 1. The molecular formula is C7H8N4O. The average molecular weight is 164 g/mol. The highest BCUT2D eigenvalue weighted by Crippen LogP contribution is 1.98. The van der Waals surface area contributed by atoms with Gasteiger partial charge in [0, 0.05) is 6.07 Å². The maximum Gasteiger partial charge on any atom is 0.270 e. The Balaban J connectivity index is 2.61. The molecule has 0 aliphatic carbocycles. The minimum atomic E-state index is -0.308. The smallest absolute Gasteiger partial charge is 0.270 e. The third-order valence-corrected chi connectivity index (χ3v) is 1.19. The first-order chi connectivity index (χ1) is 5.74. The Labute approximate surface area is 69.3 Å². The molecule has 4 N–H and O–H groups in total. The van der Waals surface area contributed by atoms with Crippen LogP contribution in [0, 0.1) is 12.3 Å². The first-order valence-electron chi connectivity index (χ1n) is 3.26. The fourth-order valence-electron chi connectivity index (χ4n) is 0.680. The molecule has 0 bridgehead atoms. The van der Waals surface area contributed by atoms with Gasteiger partial charge in [-0.3, -0.25) is 9.89 Å². The van der Waals surface area contributed by atoms with Gasteiger partial charge in [0.25, 0.3) is 5.91 Å². The Morgan fingerprint density at radius 1 is 1.92 bits per heavy atom. The molecule has 0 fully saturated rings. The van der Waals surface area contributed by atoms with E-state index in [0.717, 1.165) is 0 Å². The van der Waals surface area contributed by atoms with Crippen molar-refractivity contribution in [2.24, 2.45) is 0 Å². The quantitative estimate of drug-likeness (QED) is 0.508. The molecule has 0 aromatic carbocycles. The number of nitrogens with zero attached hydrogens (tertiary/aromatic N) is 1. The fraction of sp³-hybridized carbons (Fsp3) is 0.143. The molecule has 1 aromatic rings. The number of carbonyl (C=O) groups is 1. The summed E-state index contributed by atoms with van der Waals surface area (Å²) in [5.41, 5.74) is 5.59. The summed E-state index contributed by atoms with van der Waals surface area (Å²) in [7, 11) is 0. The van der Waals surface area contributed by atoms with Gasteiger partial charge in [-0.15, -0.1) is 6.42 Å². The zero-order valence-corrected chi connectivity index (χ0v) is 6.29. The number of amides is 1. The van der Waals surface area contributed by atoms with Crippen LogP contribution in [0.1, 0.15) is 10.5 Å². The van der Waals surface area contributed by atoms with Gasteiger partial charge >= 0.3 is 0 Å². The molecule has 5 heteroatoms. The van der Waals surface area contributed by atoms with E-state index in [0.29, 0.717) is 5.69 Å². The van der Waals surface area contributed by atoms with E-state index in [1.54, 1.807) is 0 Å². The second-order valence-electron chi connectivity index (χ2n) is 2.09. The Morgan fingerprint density at radius 2 is 2.67 bits per heavy atom. The molecule has 0 radical (unpaired) electrons. The van der Waals surface area contributed by atoms with Crippen molar-refractivity contribution in [2.75, 3.05) is 12.3 Å². The molecule has 0 unspecified atom stereocenters. The number of nitrogens with two attached hydrogens (primary N) is 1. The highest BCUT2D eigenvalue weighted by Gasteiger charge is 2.06. The summed E-state index contributed by atoms with van der Waals surface area (Å²) in [4.78, 5) is 11.1. The van der Waals surface area contributed by atoms with Gasteiger partial charge < -0.3 is 11.1 Å². The van der Waals surface area contributed by atoms with Crippen LogP contribution in [0.25, 0.3) is 0 Å². The molecule has 0 spiro atoms. The Morgan fingerprint density at radius 3 is 3.17 bits per heavy atom. The summed E-state index contributed by atoms with van der Waals surface area (Å²) in [6.07, 6.45) is 4.94. The third-order valence-electron chi connectivity index (χ3n) is 1.19. The minimum absolute atomic E-state index is 0.192. The van der Waals surface area contributed by atoms with E-state index in [4.69, 9.17) is 12.2 Å². The number of nitrogen functional groups attached to an aromatic ring is 1. The number of aromatic nitrogens is 2. The molecule has 1 amide bonds. The van der Waals surface area contributed by atoms with Crippen LogP contribution in [0.5, 0.6) is 0 Å². The topological polar surface area (TPSA) is 83.8 Å². The minimum Gasteiger partial charge on any atom is -0.382 e. The first-order valence-corrected chi connectivity index (χ1v) is 3.26. The number of H-pyrrole nitrogens is 1. The number of aromatic amines is 1. The van der Waals surface area contributed by atoms with E-state index in [1.807, 2.05) is 0 Å². The highest BCUT2D eigenvalue weighted by molar-refractivity contribution is 5.92. The van der Waals surface area contributed by atoms with E-state index < -0.39 is 0 Å². The van der Waals surface area contributed by atoms with Crippen LogP contribution in [0.4, 0.5) is 5.82 Å². The van der Waals surface area contributed by atoms with Crippen molar-refractivity contribution in [3.8, 4) is 12.3 Å². The summed E-state index contributed by atoms with van der Waals surface area (Å²) in [5, 5.41) is 8.50. The number of nitrogens with one attached hydrogen (secondary N) is 2. The van der Waals surface area contributed by atoms with Crippen LogP contribution in [-0.2, 0) is 0 Å². The molecule has 1 aromatic heterocycles. The van der Waals surface area contributed by atoms with Gasteiger partial charge in [0.05, 0.1) is 6.54 Å². The molecule has 62 valence electrons. The lowest BCUT2D eigenvalue weighted by atomic mass is 10.4. The lowest BCUT2D eigenvalue weighted by molar-refractivity contribution is 0.0953. The van der Waals surface area contributed by atoms with Crippen molar-refractivity contribution in [1.29, 1.82) is 0 Å². The first kappa shape index (κ1) is 8.14. The summed E-state index contributed by atoms with van der Waals surface area (Å²) < 4.78 is 0. The van der Waals surface area contributed by atoms with E-state index >= 15 is 0 Å². The van der Waals surface area contributed by atoms with Crippen molar-refractivity contribution in [1.82, 2.24) is 15.5 Å². The Hall–Kier alpha value is -1.96. The zero-order valence-electron chi connectivity index (χ0n) is 6.29. The van der Waals surface area contributed by atoms with Crippen molar-refractivity contribution >= 4 is 11.7 Å².